The van der Waals surface area contributed by atoms with Gasteiger partial charge in [-0.15, -0.1) is 0 Å². The molecule has 1 N–H and O–H groups in total. The second-order valence-electron chi connectivity index (χ2n) is 3.93. The van der Waals surface area contributed by atoms with Crippen molar-refractivity contribution in [1.82, 2.24) is 4.98 Å². The third-order valence-corrected chi connectivity index (χ3v) is 2.57. The molecular weight excluding hydrogens is 254 g/mol. The lowest BCUT2D eigenvalue weighted by atomic mass is 10.2. The van der Waals surface area contributed by atoms with Crippen LogP contribution in [0, 0.1) is 11.3 Å². The van der Waals surface area contributed by atoms with Gasteiger partial charge < -0.3 is 10.1 Å². The number of rotatable bonds is 4. The topological polar surface area (TPSA) is 75.0 Å². The zero-order valence-corrected chi connectivity index (χ0v) is 11.0. The standard InChI is InChI=1S/C15H13N3O2/c1-2-20-13-6-4-3-5-12(13)15(19)18-14-8-7-11(9-16)10-17-14/h3-8,10H,2H2,1H3,(H,17,18,19). The number of nitrogens with zero attached hydrogens (tertiary/aromatic N) is 2. The van der Waals surface area contributed by atoms with E-state index in [-0.39, 0.29) is 5.91 Å². The second kappa shape index (κ2) is 6.34. The number of carbonyl (C=O) groups excluding carboxylic acids is 1. The highest BCUT2D eigenvalue weighted by Crippen LogP contribution is 2.19. The van der Waals surface area contributed by atoms with Crippen LogP contribution in [0.5, 0.6) is 5.75 Å². The van der Waals surface area contributed by atoms with Gasteiger partial charge in [0.05, 0.1) is 17.7 Å². The summed E-state index contributed by atoms with van der Waals surface area (Å²) in [6, 6.07) is 12.1. The predicted molar refractivity (Wildman–Crippen MR) is 74.5 cm³/mol. The van der Waals surface area contributed by atoms with Crippen molar-refractivity contribution < 1.29 is 9.53 Å². The molecule has 1 amide bonds. The summed E-state index contributed by atoms with van der Waals surface area (Å²) in [5.41, 5.74) is 0.887. The summed E-state index contributed by atoms with van der Waals surface area (Å²) in [5, 5.41) is 11.4. The van der Waals surface area contributed by atoms with E-state index in [0.717, 1.165) is 0 Å². The molecule has 5 heteroatoms. The third-order valence-electron chi connectivity index (χ3n) is 2.57. The van der Waals surface area contributed by atoms with Crippen molar-refractivity contribution >= 4 is 11.7 Å². The second-order valence-corrected chi connectivity index (χ2v) is 3.93. The van der Waals surface area contributed by atoms with Crippen LogP contribution in [0.15, 0.2) is 42.6 Å². The molecule has 1 aromatic heterocycles. The Hall–Kier alpha value is -2.87. The molecule has 0 bridgehead atoms. The third kappa shape index (κ3) is 3.12. The molecule has 5 nitrogen and oxygen atoms in total. The van der Waals surface area contributed by atoms with Crippen molar-refractivity contribution in [2.75, 3.05) is 11.9 Å². The first-order valence-electron chi connectivity index (χ1n) is 6.14. The Kier molecular flexibility index (Phi) is 4.30. The van der Waals surface area contributed by atoms with Crippen LogP contribution in [-0.4, -0.2) is 17.5 Å². The minimum Gasteiger partial charge on any atom is -0.493 e. The Labute approximate surface area is 116 Å². The highest BCUT2D eigenvalue weighted by Gasteiger charge is 2.12. The van der Waals surface area contributed by atoms with Crippen molar-refractivity contribution in [2.24, 2.45) is 0 Å². The van der Waals surface area contributed by atoms with Crippen molar-refractivity contribution in [3.8, 4) is 11.8 Å². The Morgan fingerprint density at radius 2 is 2.15 bits per heavy atom. The first-order valence-corrected chi connectivity index (χ1v) is 6.14. The first kappa shape index (κ1) is 13.6. The lowest BCUT2D eigenvalue weighted by molar-refractivity contribution is 0.102. The van der Waals surface area contributed by atoms with Gasteiger partial charge in [0.15, 0.2) is 0 Å². The molecule has 100 valence electrons. The summed E-state index contributed by atoms with van der Waals surface area (Å²) in [7, 11) is 0. The summed E-state index contributed by atoms with van der Waals surface area (Å²) < 4.78 is 5.41. The van der Waals surface area contributed by atoms with Crippen LogP contribution >= 0.6 is 0 Å². The van der Waals surface area contributed by atoms with Crippen molar-refractivity contribution in [3.63, 3.8) is 0 Å². The number of para-hydroxylation sites is 1. The van der Waals surface area contributed by atoms with Gasteiger partial charge in [0.2, 0.25) is 0 Å². The summed E-state index contributed by atoms with van der Waals surface area (Å²) in [5.74, 6) is 0.618. The normalized spacial score (nSPS) is 9.60. The number of benzene rings is 1. The average Bonchev–Trinajstić information content (AvgIpc) is 2.49. The molecular formula is C15H13N3O2. The van der Waals surface area contributed by atoms with E-state index in [2.05, 4.69) is 10.3 Å². The van der Waals surface area contributed by atoms with Crippen LogP contribution in [0.4, 0.5) is 5.82 Å². The molecule has 2 aromatic rings. The van der Waals surface area contributed by atoms with E-state index in [1.54, 1.807) is 30.3 Å². The van der Waals surface area contributed by atoms with Crippen LogP contribution in [0.3, 0.4) is 0 Å². The molecule has 0 aliphatic rings. The summed E-state index contributed by atoms with van der Waals surface area (Å²) in [6.07, 6.45) is 1.41. The van der Waals surface area contributed by atoms with Crippen molar-refractivity contribution in [3.05, 3.63) is 53.7 Å². The highest BCUT2D eigenvalue weighted by atomic mass is 16.5. The molecule has 0 saturated carbocycles. The maximum Gasteiger partial charge on any atom is 0.260 e. The molecule has 0 radical (unpaired) electrons. The minimum atomic E-state index is -0.300. The van der Waals surface area contributed by atoms with Gasteiger partial charge in [0.1, 0.15) is 17.6 Å². The smallest absolute Gasteiger partial charge is 0.260 e. The van der Waals surface area contributed by atoms with Gasteiger partial charge in [-0.3, -0.25) is 4.79 Å². The predicted octanol–water partition coefficient (Wildman–Crippen LogP) is 2.60. The summed E-state index contributed by atoms with van der Waals surface area (Å²) >= 11 is 0. The molecule has 0 unspecified atom stereocenters. The number of hydrogen-bond acceptors (Lipinski definition) is 4. The van der Waals surface area contributed by atoms with Crippen LogP contribution in [0.1, 0.15) is 22.8 Å². The van der Waals surface area contributed by atoms with Crippen molar-refractivity contribution in [2.45, 2.75) is 6.92 Å². The summed E-state index contributed by atoms with van der Waals surface area (Å²) in [4.78, 5) is 16.2. The highest BCUT2D eigenvalue weighted by molar-refractivity contribution is 6.05. The fraction of sp³-hybridized carbons (Fsp3) is 0.133. The number of nitriles is 1. The molecule has 1 heterocycles. The number of pyridine rings is 1. The molecule has 0 aliphatic heterocycles. The number of hydrogen-bond donors (Lipinski definition) is 1. The number of nitrogens with one attached hydrogen (secondary N) is 1. The van der Waals surface area contributed by atoms with Gasteiger partial charge >= 0.3 is 0 Å². The van der Waals surface area contributed by atoms with E-state index >= 15 is 0 Å². The zero-order valence-electron chi connectivity index (χ0n) is 11.0. The average molecular weight is 267 g/mol. The monoisotopic (exact) mass is 267 g/mol. The maximum atomic E-state index is 12.2. The number of anilines is 1. The quantitative estimate of drug-likeness (QED) is 0.923. The maximum absolute atomic E-state index is 12.2. The lowest BCUT2D eigenvalue weighted by Gasteiger charge is -2.09. The van der Waals surface area contributed by atoms with Crippen LogP contribution < -0.4 is 10.1 Å². The van der Waals surface area contributed by atoms with Gasteiger partial charge in [0.25, 0.3) is 5.91 Å². The van der Waals surface area contributed by atoms with E-state index in [1.165, 1.54) is 6.20 Å². The fourth-order valence-electron chi connectivity index (χ4n) is 1.65. The molecule has 1 aromatic carbocycles. The van der Waals surface area contributed by atoms with Crippen molar-refractivity contribution in [1.29, 1.82) is 5.26 Å². The number of aromatic nitrogens is 1. The molecule has 2 rings (SSSR count). The van der Waals surface area contributed by atoms with Crippen LogP contribution in [0.25, 0.3) is 0 Å². The van der Waals surface area contributed by atoms with Gasteiger partial charge in [-0.1, -0.05) is 12.1 Å². The van der Waals surface area contributed by atoms with Gasteiger partial charge in [-0.05, 0) is 31.2 Å². The Morgan fingerprint density at radius 1 is 1.35 bits per heavy atom. The molecule has 0 fully saturated rings. The number of carbonyl (C=O) groups is 1. The Morgan fingerprint density at radius 3 is 2.80 bits per heavy atom. The summed E-state index contributed by atoms with van der Waals surface area (Å²) in [6.45, 7) is 2.34. The van der Waals surface area contributed by atoms with Crippen LogP contribution in [0.2, 0.25) is 0 Å². The Balaban J connectivity index is 2.17. The first-order chi connectivity index (χ1) is 9.74. The molecule has 0 atom stereocenters. The minimum absolute atomic E-state index is 0.300. The van der Waals surface area contributed by atoms with E-state index in [1.807, 2.05) is 19.1 Å². The molecule has 0 aliphatic carbocycles. The number of amides is 1. The lowest BCUT2D eigenvalue weighted by Crippen LogP contribution is -2.14. The SMILES string of the molecule is CCOc1ccccc1C(=O)Nc1ccc(C#N)cn1. The number of ether oxygens (including phenoxy) is 1. The largest absolute Gasteiger partial charge is 0.493 e. The van der Waals surface area contributed by atoms with Gasteiger partial charge in [-0.25, -0.2) is 4.98 Å². The van der Waals surface area contributed by atoms with E-state index in [4.69, 9.17) is 10.00 Å². The Bertz CT molecular complexity index is 645. The fourth-order valence-corrected chi connectivity index (χ4v) is 1.65. The van der Waals surface area contributed by atoms with E-state index in [9.17, 15) is 4.79 Å². The molecule has 0 spiro atoms. The van der Waals surface area contributed by atoms with E-state index < -0.39 is 0 Å². The van der Waals surface area contributed by atoms with E-state index in [0.29, 0.717) is 29.3 Å². The van der Waals surface area contributed by atoms with Crippen LogP contribution in [-0.2, 0) is 0 Å². The zero-order chi connectivity index (χ0) is 14.4. The molecule has 0 saturated heterocycles. The van der Waals surface area contributed by atoms with Gasteiger partial charge in [-0.2, -0.15) is 5.26 Å². The molecule has 20 heavy (non-hydrogen) atoms. The van der Waals surface area contributed by atoms with Gasteiger partial charge in [0, 0.05) is 6.20 Å².